The van der Waals surface area contributed by atoms with E-state index in [0.29, 0.717) is 24.9 Å². The molecule has 0 atom stereocenters. The minimum Gasteiger partial charge on any atom is -0.355 e. The van der Waals surface area contributed by atoms with Gasteiger partial charge in [-0.25, -0.2) is 0 Å². The number of hydrogen-bond donors (Lipinski definition) is 1. The van der Waals surface area contributed by atoms with Crippen LogP contribution in [0.25, 0.3) is 0 Å². The molecule has 120 valence electrons. The summed E-state index contributed by atoms with van der Waals surface area (Å²) >= 11 is 0. The Kier molecular flexibility index (Phi) is 5.46. The Morgan fingerprint density at radius 3 is 2.48 bits per heavy atom. The molecule has 1 heterocycles. The number of pyridine rings is 1. The number of rotatable bonds is 6. The maximum Gasteiger partial charge on any atom is 0.263 e. The molecule has 0 aliphatic rings. The molecular weight excluding hydrogens is 292 g/mol. The first-order chi connectivity index (χ1) is 11.1. The van der Waals surface area contributed by atoms with Gasteiger partial charge in [-0.15, -0.1) is 0 Å². The second kappa shape index (κ2) is 7.54. The van der Waals surface area contributed by atoms with Gasteiger partial charge in [0.05, 0.1) is 6.54 Å². The number of nitrogens with one attached hydrogen (secondary N) is 1. The van der Waals surface area contributed by atoms with Crippen LogP contribution in [0.2, 0.25) is 0 Å². The van der Waals surface area contributed by atoms with Crippen molar-refractivity contribution in [3.8, 4) is 0 Å². The van der Waals surface area contributed by atoms with Crippen LogP contribution in [0.1, 0.15) is 46.0 Å². The molecular formula is C18H20N2O3. The molecule has 0 aliphatic heterocycles. The third kappa shape index (κ3) is 3.94. The SMILES string of the molecule is CCCC(=O)c1cc(C(=O)NC)c(=O)n(Cc2ccccc2)c1. The van der Waals surface area contributed by atoms with Gasteiger partial charge in [0.2, 0.25) is 0 Å². The van der Waals surface area contributed by atoms with Crippen molar-refractivity contribution < 1.29 is 9.59 Å². The van der Waals surface area contributed by atoms with E-state index in [9.17, 15) is 14.4 Å². The standard InChI is InChI=1S/C18H20N2O3/c1-3-7-16(21)14-10-15(17(22)19-2)18(23)20(12-14)11-13-8-5-4-6-9-13/h4-6,8-10,12H,3,7,11H2,1-2H3,(H,19,22). The van der Waals surface area contributed by atoms with Crippen LogP contribution in [0.4, 0.5) is 0 Å². The van der Waals surface area contributed by atoms with Crippen LogP contribution in [0, 0.1) is 0 Å². The summed E-state index contributed by atoms with van der Waals surface area (Å²) in [5.41, 5.74) is 0.908. The first-order valence-corrected chi connectivity index (χ1v) is 7.60. The van der Waals surface area contributed by atoms with Crippen molar-refractivity contribution in [2.45, 2.75) is 26.3 Å². The first kappa shape index (κ1) is 16.7. The summed E-state index contributed by atoms with van der Waals surface area (Å²) in [5.74, 6) is -0.553. The van der Waals surface area contributed by atoms with Gasteiger partial charge in [0, 0.05) is 25.2 Å². The van der Waals surface area contributed by atoms with Crippen molar-refractivity contribution in [3.63, 3.8) is 0 Å². The lowest BCUT2D eigenvalue weighted by Crippen LogP contribution is -2.32. The monoisotopic (exact) mass is 312 g/mol. The van der Waals surface area contributed by atoms with E-state index in [1.807, 2.05) is 37.3 Å². The Hall–Kier alpha value is -2.69. The lowest BCUT2D eigenvalue weighted by atomic mass is 10.1. The highest BCUT2D eigenvalue weighted by Gasteiger charge is 2.16. The minimum atomic E-state index is -0.483. The van der Waals surface area contributed by atoms with E-state index in [1.165, 1.54) is 17.7 Å². The van der Waals surface area contributed by atoms with E-state index < -0.39 is 11.5 Å². The van der Waals surface area contributed by atoms with Crippen LogP contribution in [0.15, 0.2) is 47.4 Å². The Bertz CT molecular complexity index is 764. The average Bonchev–Trinajstić information content (AvgIpc) is 2.57. The van der Waals surface area contributed by atoms with Gasteiger partial charge < -0.3 is 9.88 Å². The van der Waals surface area contributed by atoms with Crippen molar-refractivity contribution in [1.29, 1.82) is 0 Å². The van der Waals surface area contributed by atoms with Crippen LogP contribution >= 0.6 is 0 Å². The first-order valence-electron chi connectivity index (χ1n) is 7.60. The van der Waals surface area contributed by atoms with E-state index in [0.717, 1.165) is 5.56 Å². The molecule has 2 rings (SSSR count). The fourth-order valence-electron chi connectivity index (χ4n) is 2.35. The predicted octanol–water partition coefficient (Wildman–Crippen LogP) is 2.24. The molecule has 0 unspecified atom stereocenters. The molecule has 5 nitrogen and oxygen atoms in total. The molecule has 1 aromatic heterocycles. The second-order valence-corrected chi connectivity index (χ2v) is 5.31. The number of benzene rings is 1. The molecule has 2 aromatic rings. The summed E-state index contributed by atoms with van der Waals surface area (Å²) in [4.78, 5) is 36.6. The number of carbonyl (C=O) groups excluding carboxylic acids is 2. The number of hydrogen-bond acceptors (Lipinski definition) is 3. The maximum atomic E-state index is 12.5. The summed E-state index contributed by atoms with van der Waals surface area (Å²) in [7, 11) is 1.46. The van der Waals surface area contributed by atoms with Crippen molar-refractivity contribution in [2.75, 3.05) is 7.05 Å². The fraction of sp³-hybridized carbons (Fsp3) is 0.278. The highest BCUT2D eigenvalue weighted by molar-refractivity contribution is 6.00. The number of nitrogens with zero attached hydrogens (tertiary/aromatic N) is 1. The topological polar surface area (TPSA) is 68.2 Å². The molecule has 0 saturated heterocycles. The normalized spacial score (nSPS) is 10.3. The minimum absolute atomic E-state index is 0.00890. The molecule has 0 saturated carbocycles. The van der Waals surface area contributed by atoms with Crippen LogP contribution in [-0.2, 0) is 6.54 Å². The van der Waals surface area contributed by atoms with Crippen LogP contribution in [0.5, 0.6) is 0 Å². The Labute approximate surface area is 135 Å². The van der Waals surface area contributed by atoms with Crippen LogP contribution < -0.4 is 10.9 Å². The van der Waals surface area contributed by atoms with Gasteiger partial charge in [0.15, 0.2) is 5.78 Å². The van der Waals surface area contributed by atoms with Crippen molar-refractivity contribution >= 4 is 11.7 Å². The largest absolute Gasteiger partial charge is 0.355 e. The van der Waals surface area contributed by atoms with E-state index >= 15 is 0 Å². The molecule has 0 aliphatic carbocycles. The van der Waals surface area contributed by atoms with E-state index in [1.54, 1.807) is 6.20 Å². The molecule has 1 amide bonds. The second-order valence-electron chi connectivity index (χ2n) is 5.31. The molecule has 1 aromatic carbocycles. The number of Topliss-reactive ketones (excluding diaryl/α,β-unsaturated/α-hetero) is 1. The highest BCUT2D eigenvalue weighted by Crippen LogP contribution is 2.08. The Balaban J connectivity index is 2.51. The van der Waals surface area contributed by atoms with Crippen LogP contribution in [0.3, 0.4) is 0 Å². The summed E-state index contributed by atoms with van der Waals surface area (Å²) in [6.07, 6.45) is 2.64. The fourth-order valence-corrected chi connectivity index (χ4v) is 2.35. The Morgan fingerprint density at radius 2 is 1.87 bits per heavy atom. The molecule has 23 heavy (non-hydrogen) atoms. The highest BCUT2D eigenvalue weighted by atomic mass is 16.2. The van der Waals surface area contributed by atoms with Crippen molar-refractivity contribution in [3.05, 3.63) is 69.6 Å². The molecule has 0 bridgehead atoms. The zero-order valence-corrected chi connectivity index (χ0v) is 13.3. The molecule has 0 radical (unpaired) electrons. The summed E-state index contributed by atoms with van der Waals surface area (Å²) in [6.45, 7) is 2.23. The molecule has 0 spiro atoms. The van der Waals surface area contributed by atoms with Gasteiger partial charge in [-0.3, -0.25) is 14.4 Å². The number of carbonyl (C=O) groups is 2. The predicted molar refractivity (Wildman–Crippen MR) is 88.9 cm³/mol. The van der Waals surface area contributed by atoms with Gasteiger partial charge in [0.1, 0.15) is 5.56 Å². The third-order valence-corrected chi connectivity index (χ3v) is 3.55. The lowest BCUT2D eigenvalue weighted by Gasteiger charge is -2.11. The lowest BCUT2D eigenvalue weighted by molar-refractivity contribution is 0.0961. The van der Waals surface area contributed by atoms with E-state index in [-0.39, 0.29) is 11.3 Å². The van der Waals surface area contributed by atoms with Crippen LogP contribution in [-0.4, -0.2) is 23.3 Å². The number of ketones is 1. The molecule has 0 fully saturated rings. The van der Waals surface area contributed by atoms with E-state index in [4.69, 9.17) is 0 Å². The summed E-state index contributed by atoms with van der Waals surface area (Å²) < 4.78 is 1.42. The number of amides is 1. The molecule has 1 N–H and O–H groups in total. The van der Waals surface area contributed by atoms with Gasteiger partial charge in [-0.1, -0.05) is 37.3 Å². The van der Waals surface area contributed by atoms with E-state index in [2.05, 4.69) is 5.32 Å². The van der Waals surface area contributed by atoms with Gasteiger partial charge >= 0.3 is 0 Å². The van der Waals surface area contributed by atoms with Gasteiger partial charge in [-0.05, 0) is 18.1 Å². The average molecular weight is 312 g/mol. The van der Waals surface area contributed by atoms with Crippen molar-refractivity contribution in [2.24, 2.45) is 0 Å². The summed E-state index contributed by atoms with van der Waals surface area (Å²) in [6, 6.07) is 10.8. The Morgan fingerprint density at radius 1 is 1.17 bits per heavy atom. The van der Waals surface area contributed by atoms with Gasteiger partial charge in [0.25, 0.3) is 11.5 Å². The molecule has 5 heteroatoms. The summed E-state index contributed by atoms with van der Waals surface area (Å²) in [5, 5.41) is 2.45. The maximum absolute atomic E-state index is 12.5. The smallest absolute Gasteiger partial charge is 0.263 e. The van der Waals surface area contributed by atoms with Gasteiger partial charge in [-0.2, -0.15) is 0 Å². The zero-order chi connectivity index (χ0) is 16.8. The zero-order valence-electron chi connectivity index (χ0n) is 13.3. The van der Waals surface area contributed by atoms with Crippen molar-refractivity contribution in [1.82, 2.24) is 9.88 Å². The third-order valence-electron chi connectivity index (χ3n) is 3.55. The quantitative estimate of drug-likeness (QED) is 0.832. The number of aromatic nitrogens is 1.